The summed E-state index contributed by atoms with van der Waals surface area (Å²) in [5, 5.41) is 1.64. The van der Waals surface area contributed by atoms with Gasteiger partial charge in [0.1, 0.15) is 5.75 Å². The second kappa shape index (κ2) is 5.69. The maximum absolute atomic E-state index is 12.2. The van der Waals surface area contributed by atoms with Gasteiger partial charge in [0.25, 0.3) is 5.56 Å². The van der Waals surface area contributed by atoms with E-state index in [1.807, 2.05) is 30.5 Å². The van der Waals surface area contributed by atoms with Crippen LogP contribution in [0, 0.1) is 0 Å². The quantitative estimate of drug-likeness (QED) is 0.818. The van der Waals surface area contributed by atoms with Crippen molar-refractivity contribution in [3.8, 4) is 5.75 Å². The van der Waals surface area contributed by atoms with Gasteiger partial charge in [-0.1, -0.05) is 0 Å². The van der Waals surface area contributed by atoms with E-state index in [9.17, 15) is 4.79 Å². The Morgan fingerprint density at radius 2 is 2.11 bits per heavy atom. The van der Waals surface area contributed by atoms with E-state index in [1.54, 1.807) is 11.7 Å². The van der Waals surface area contributed by atoms with Gasteiger partial charge in [-0.05, 0) is 49.0 Å². The average molecular weight is 246 g/mol. The Morgan fingerprint density at radius 1 is 1.28 bits per heavy atom. The smallest absolute Gasteiger partial charge is 0.258 e. The van der Waals surface area contributed by atoms with Crippen molar-refractivity contribution in [1.29, 1.82) is 0 Å². The van der Waals surface area contributed by atoms with Gasteiger partial charge in [-0.2, -0.15) is 0 Å². The number of hydrogen-bond acceptors (Lipinski definition) is 3. The molecule has 0 saturated carbocycles. The molecule has 0 spiro atoms. The molecule has 0 aliphatic carbocycles. The second-order valence-corrected chi connectivity index (χ2v) is 4.26. The van der Waals surface area contributed by atoms with E-state index in [0.29, 0.717) is 6.54 Å². The Labute approximate surface area is 106 Å². The Hall–Kier alpha value is -1.81. The minimum atomic E-state index is 0.0483. The van der Waals surface area contributed by atoms with Gasteiger partial charge >= 0.3 is 0 Å². The van der Waals surface area contributed by atoms with Crippen LogP contribution in [0.5, 0.6) is 5.75 Å². The van der Waals surface area contributed by atoms with Crippen molar-refractivity contribution in [3.63, 3.8) is 0 Å². The van der Waals surface area contributed by atoms with E-state index in [4.69, 9.17) is 10.5 Å². The molecule has 2 N–H and O–H groups in total. The maximum Gasteiger partial charge on any atom is 0.258 e. The summed E-state index contributed by atoms with van der Waals surface area (Å²) >= 11 is 0. The minimum absolute atomic E-state index is 0.0483. The normalized spacial score (nSPS) is 10.8. The number of hydrogen-bond donors (Lipinski definition) is 1. The summed E-state index contributed by atoms with van der Waals surface area (Å²) in [4.78, 5) is 12.2. The number of nitrogens with two attached hydrogens (primary N) is 1. The van der Waals surface area contributed by atoms with Gasteiger partial charge in [0, 0.05) is 18.1 Å². The molecule has 0 saturated heterocycles. The molecule has 0 aliphatic rings. The van der Waals surface area contributed by atoms with Crippen molar-refractivity contribution >= 4 is 10.8 Å². The van der Waals surface area contributed by atoms with Crippen LogP contribution in [0.3, 0.4) is 0 Å². The molecule has 96 valence electrons. The number of rotatable bonds is 5. The minimum Gasteiger partial charge on any atom is -0.497 e. The summed E-state index contributed by atoms with van der Waals surface area (Å²) < 4.78 is 6.89. The van der Waals surface area contributed by atoms with Crippen LogP contribution in [0.15, 0.2) is 35.3 Å². The number of aromatic nitrogens is 1. The monoisotopic (exact) mass is 246 g/mol. The number of pyridine rings is 1. The molecule has 1 aromatic heterocycles. The average Bonchev–Trinajstić information content (AvgIpc) is 2.41. The van der Waals surface area contributed by atoms with Gasteiger partial charge in [-0.25, -0.2) is 0 Å². The van der Waals surface area contributed by atoms with Crippen molar-refractivity contribution in [3.05, 3.63) is 40.8 Å². The molecule has 18 heavy (non-hydrogen) atoms. The molecule has 1 heterocycles. The van der Waals surface area contributed by atoms with E-state index in [-0.39, 0.29) is 5.56 Å². The Bertz CT molecular complexity index is 590. The van der Waals surface area contributed by atoms with Crippen LogP contribution in [0.1, 0.15) is 12.8 Å². The largest absolute Gasteiger partial charge is 0.497 e. The highest BCUT2D eigenvalue weighted by Crippen LogP contribution is 2.17. The molecule has 2 rings (SSSR count). The fraction of sp³-hybridized carbons (Fsp3) is 0.357. The van der Waals surface area contributed by atoms with Crippen LogP contribution < -0.4 is 16.0 Å². The van der Waals surface area contributed by atoms with Gasteiger partial charge < -0.3 is 15.0 Å². The first-order chi connectivity index (χ1) is 8.76. The molecule has 0 bridgehead atoms. The lowest BCUT2D eigenvalue weighted by Crippen LogP contribution is -2.19. The molecular formula is C14H18N2O2. The number of benzene rings is 1. The standard InChI is InChI=1S/C14H18N2O2/c1-18-12-4-5-13-11(10-12)6-9-16(14(13)17)8-3-2-7-15/h4-6,9-10H,2-3,7-8,15H2,1H3. The predicted molar refractivity (Wildman–Crippen MR) is 73.0 cm³/mol. The molecule has 0 atom stereocenters. The fourth-order valence-corrected chi connectivity index (χ4v) is 2.00. The third-order valence-corrected chi connectivity index (χ3v) is 3.04. The SMILES string of the molecule is COc1ccc2c(=O)n(CCCCN)ccc2c1. The van der Waals surface area contributed by atoms with Crippen molar-refractivity contribution in [1.82, 2.24) is 4.57 Å². The number of ether oxygens (including phenoxy) is 1. The Morgan fingerprint density at radius 3 is 2.83 bits per heavy atom. The van der Waals surface area contributed by atoms with E-state index in [0.717, 1.165) is 35.9 Å². The first-order valence-electron chi connectivity index (χ1n) is 6.13. The highest BCUT2D eigenvalue weighted by atomic mass is 16.5. The van der Waals surface area contributed by atoms with Gasteiger partial charge in [-0.15, -0.1) is 0 Å². The molecule has 4 nitrogen and oxygen atoms in total. The lowest BCUT2D eigenvalue weighted by molar-refractivity contribution is 0.415. The van der Waals surface area contributed by atoms with Crippen LogP contribution in [0.2, 0.25) is 0 Å². The molecule has 2 aromatic rings. The molecule has 0 radical (unpaired) electrons. The zero-order valence-electron chi connectivity index (χ0n) is 10.6. The van der Waals surface area contributed by atoms with Crippen LogP contribution in [0.4, 0.5) is 0 Å². The molecule has 1 aromatic carbocycles. The summed E-state index contributed by atoms with van der Waals surface area (Å²) in [5.74, 6) is 0.766. The highest BCUT2D eigenvalue weighted by molar-refractivity contribution is 5.82. The number of nitrogens with zero attached hydrogens (tertiary/aromatic N) is 1. The van der Waals surface area contributed by atoms with Crippen LogP contribution in [0.25, 0.3) is 10.8 Å². The molecule has 0 amide bonds. The number of fused-ring (bicyclic) bond motifs is 1. The number of aryl methyl sites for hydroxylation is 1. The maximum atomic E-state index is 12.2. The van der Waals surface area contributed by atoms with Crippen LogP contribution >= 0.6 is 0 Å². The van der Waals surface area contributed by atoms with Crippen LogP contribution in [-0.4, -0.2) is 18.2 Å². The van der Waals surface area contributed by atoms with E-state index >= 15 is 0 Å². The summed E-state index contributed by atoms with van der Waals surface area (Å²) in [7, 11) is 1.62. The summed E-state index contributed by atoms with van der Waals surface area (Å²) in [6.45, 7) is 1.39. The van der Waals surface area contributed by atoms with Crippen molar-refractivity contribution in [2.45, 2.75) is 19.4 Å². The van der Waals surface area contributed by atoms with Crippen LogP contribution in [-0.2, 0) is 6.54 Å². The molecule has 0 unspecified atom stereocenters. The third-order valence-electron chi connectivity index (χ3n) is 3.04. The van der Waals surface area contributed by atoms with Gasteiger partial charge in [0.05, 0.1) is 7.11 Å². The third kappa shape index (κ3) is 2.54. The summed E-state index contributed by atoms with van der Waals surface area (Å²) in [6.07, 6.45) is 3.70. The first-order valence-corrected chi connectivity index (χ1v) is 6.13. The number of unbranched alkanes of at least 4 members (excludes halogenated alkanes) is 1. The van der Waals surface area contributed by atoms with Crippen molar-refractivity contribution in [2.24, 2.45) is 5.73 Å². The second-order valence-electron chi connectivity index (χ2n) is 4.26. The van der Waals surface area contributed by atoms with Crippen molar-refractivity contribution in [2.75, 3.05) is 13.7 Å². The fourth-order valence-electron chi connectivity index (χ4n) is 2.00. The summed E-state index contributed by atoms with van der Waals surface area (Å²) in [5.41, 5.74) is 5.50. The van der Waals surface area contributed by atoms with Gasteiger partial charge in [-0.3, -0.25) is 4.79 Å². The zero-order chi connectivity index (χ0) is 13.0. The Kier molecular flexibility index (Phi) is 3.99. The molecular weight excluding hydrogens is 228 g/mol. The van der Waals surface area contributed by atoms with E-state index < -0.39 is 0 Å². The van der Waals surface area contributed by atoms with Gasteiger partial charge in [0.15, 0.2) is 0 Å². The first kappa shape index (κ1) is 12.6. The zero-order valence-corrected chi connectivity index (χ0v) is 10.6. The number of methoxy groups -OCH3 is 1. The Balaban J connectivity index is 2.35. The topological polar surface area (TPSA) is 57.2 Å². The van der Waals surface area contributed by atoms with E-state index in [2.05, 4.69) is 0 Å². The highest BCUT2D eigenvalue weighted by Gasteiger charge is 2.03. The van der Waals surface area contributed by atoms with Crippen molar-refractivity contribution < 1.29 is 4.74 Å². The van der Waals surface area contributed by atoms with E-state index in [1.165, 1.54) is 0 Å². The summed E-state index contributed by atoms with van der Waals surface area (Å²) in [6, 6.07) is 7.45. The lowest BCUT2D eigenvalue weighted by atomic mass is 10.1. The lowest BCUT2D eigenvalue weighted by Gasteiger charge is -2.07. The van der Waals surface area contributed by atoms with Gasteiger partial charge in [0.2, 0.25) is 0 Å². The predicted octanol–water partition coefficient (Wildman–Crippen LogP) is 1.75. The molecule has 4 heteroatoms. The molecule has 0 fully saturated rings. The molecule has 0 aliphatic heterocycles.